The number of carboxylic acid groups (broad SMARTS) is 1. The Morgan fingerprint density at radius 3 is 2.37 bits per heavy atom. The highest BCUT2D eigenvalue weighted by atomic mass is 16.5. The predicted octanol–water partition coefficient (Wildman–Crippen LogP) is 1.63. The first kappa shape index (κ1) is 12.8. The Labute approximate surface area is 109 Å². The van der Waals surface area contributed by atoms with Crippen LogP contribution in [0.1, 0.15) is 10.5 Å². The fourth-order valence-electron chi connectivity index (χ4n) is 1.33. The van der Waals surface area contributed by atoms with Gasteiger partial charge in [0.2, 0.25) is 5.88 Å². The van der Waals surface area contributed by atoms with E-state index in [2.05, 4.69) is 10.2 Å². The van der Waals surface area contributed by atoms with E-state index < -0.39 is 5.97 Å². The van der Waals surface area contributed by atoms with Crippen LogP contribution in [0.25, 0.3) is 0 Å². The zero-order valence-corrected chi connectivity index (χ0v) is 10.0. The highest BCUT2D eigenvalue weighted by Crippen LogP contribution is 2.08. The first-order valence-corrected chi connectivity index (χ1v) is 5.63. The number of hydrogen-bond donors (Lipinski definition) is 1. The van der Waals surface area contributed by atoms with E-state index in [1.807, 2.05) is 30.3 Å². The number of aromatic carboxylic acids is 1. The molecule has 0 fully saturated rings. The van der Waals surface area contributed by atoms with Gasteiger partial charge in [-0.15, -0.1) is 10.2 Å². The number of para-hydroxylation sites is 1. The van der Waals surface area contributed by atoms with Gasteiger partial charge in [-0.3, -0.25) is 0 Å². The van der Waals surface area contributed by atoms with Crippen LogP contribution in [0.3, 0.4) is 0 Å². The van der Waals surface area contributed by atoms with Crippen molar-refractivity contribution in [3.8, 4) is 11.6 Å². The second-order valence-electron chi connectivity index (χ2n) is 3.57. The van der Waals surface area contributed by atoms with Crippen LogP contribution in [0.5, 0.6) is 11.6 Å². The lowest BCUT2D eigenvalue weighted by Crippen LogP contribution is -2.10. The summed E-state index contributed by atoms with van der Waals surface area (Å²) in [5.74, 6) is -0.0912. The lowest BCUT2D eigenvalue weighted by atomic mass is 10.3. The molecule has 0 saturated heterocycles. The molecule has 19 heavy (non-hydrogen) atoms. The fourth-order valence-corrected chi connectivity index (χ4v) is 1.33. The van der Waals surface area contributed by atoms with E-state index in [9.17, 15) is 4.79 Å². The van der Waals surface area contributed by atoms with E-state index in [1.165, 1.54) is 12.1 Å². The number of carboxylic acids is 1. The summed E-state index contributed by atoms with van der Waals surface area (Å²) in [5.41, 5.74) is -0.118. The zero-order chi connectivity index (χ0) is 13.5. The molecule has 0 saturated carbocycles. The van der Waals surface area contributed by atoms with Crippen LogP contribution in [0.4, 0.5) is 0 Å². The van der Waals surface area contributed by atoms with Crippen LogP contribution in [0, 0.1) is 0 Å². The largest absolute Gasteiger partial charge is 0.490 e. The second kappa shape index (κ2) is 6.34. The van der Waals surface area contributed by atoms with Crippen LogP contribution < -0.4 is 9.47 Å². The minimum absolute atomic E-state index is 0.118. The summed E-state index contributed by atoms with van der Waals surface area (Å²) in [6, 6.07) is 12.2. The topological polar surface area (TPSA) is 81.5 Å². The molecule has 1 heterocycles. The quantitative estimate of drug-likeness (QED) is 0.795. The van der Waals surface area contributed by atoms with Gasteiger partial charge in [0.25, 0.3) is 0 Å². The molecule has 0 aliphatic heterocycles. The van der Waals surface area contributed by atoms with Gasteiger partial charge in [0.15, 0.2) is 5.69 Å². The maximum atomic E-state index is 10.6. The Hall–Kier alpha value is -2.63. The molecular formula is C13H12N2O4. The highest BCUT2D eigenvalue weighted by Gasteiger charge is 2.05. The standard InChI is InChI=1S/C13H12N2O4/c16-13(17)11-6-7-12(15-14-11)19-9-8-18-10-4-2-1-3-5-10/h1-7H,8-9H2,(H,16,17). The number of carbonyl (C=O) groups is 1. The Balaban J connectivity index is 1.75. The smallest absolute Gasteiger partial charge is 0.356 e. The molecule has 1 aromatic heterocycles. The molecule has 1 N–H and O–H groups in total. The summed E-state index contributed by atoms with van der Waals surface area (Å²) in [7, 11) is 0. The minimum Gasteiger partial charge on any atom is -0.490 e. The number of ether oxygens (including phenoxy) is 2. The minimum atomic E-state index is -1.12. The van der Waals surface area contributed by atoms with Gasteiger partial charge in [-0.1, -0.05) is 18.2 Å². The van der Waals surface area contributed by atoms with E-state index >= 15 is 0 Å². The van der Waals surface area contributed by atoms with Gasteiger partial charge in [0.05, 0.1) is 0 Å². The van der Waals surface area contributed by atoms with Crippen LogP contribution in [0.15, 0.2) is 42.5 Å². The molecule has 0 unspecified atom stereocenters. The third-order valence-electron chi connectivity index (χ3n) is 2.20. The van der Waals surface area contributed by atoms with Gasteiger partial charge in [0, 0.05) is 6.07 Å². The van der Waals surface area contributed by atoms with Crippen molar-refractivity contribution < 1.29 is 19.4 Å². The van der Waals surface area contributed by atoms with Gasteiger partial charge in [-0.25, -0.2) is 4.79 Å². The Morgan fingerprint density at radius 1 is 1.00 bits per heavy atom. The van der Waals surface area contributed by atoms with Crippen molar-refractivity contribution in [3.05, 3.63) is 48.2 Å². The molecule has 0 aliphatic carbocycles. The van der Waals surface area contributed by atoms with Crippen LogP contribution in [-0.2, 0) is 0 Å². The molecular weight excluding hydrogens is 248 g/mol. The molecule has 98 valence electrons. The Morgan fingerprint density at radius 2 is 1.74 bits per heavy atom. The molecule has 0 radical (unpaired) electrons. The molecule has 6 heteroatoms. The normalized spacial score (nSPS) is 9.89. The number of hydrogen-bond acceptors (Lipinski definition) is 5. The summed E-state index contributed by atoms with van der Waals surface area (Å²) >= 11 is 0. The predicted molar refractivity (Wildman–Crippen MR) is 66.4 cm³/mol. The van der Waals surface area contributed by atoms with E-state index in [1.54, 1.807) is 0 Å². The summed E-state index contributed by atoms with van der Waals surface area (Å²) in [5, 5.41) is 15.8. The van der Waals surface area contributed by atoms with Crippen molar-refractivity contribution in [2.75, 3.05) is 13.2 Å². The van der Waals surface area contributed by atoms with Gasteiger partial charge in [-0.2, -0.15) is 0 Å². The molecule has 2 rings (SSSR count). The van der Waals surface area contributed by atoms with Crippen molar-refractivity contribution in [2.45, 2.75) is 0 Å². The van der Waals surface area contributed by atoms with Crippen molar-refractivity contribution in [3.63, 3.8) is 0 Å². The summed E-state index contributed by atoms with van der Waals surface area (Å²) in [6.45, 7) is 0.669. The molecule has 0 spiro atoms. The maximum Gasteiger partial charge on any atom is 0.356 e. The first-order chi connectivity index (χ1) is 9.25. The first-order valence-electron chi connectivity index (χ1n) is 5.63. The third kappa shape index (κ3) is 3.95. The number of benzene rings is 1. The Kier molecular flexibility index (Phi) is 4.28. The van der Waals surface area contributed by atoms with E-state index in [4.69, 9.17) is 14.6 Å². The number of aromatic nitrogens is 2. The molecule has 0 bridgehead atoms. The van der Waals surface area contributed by atoms with E-state index in [0.717, 1.165) is 5.75 Å². The summed E-state index contributed by atoms with van der Waals surface area (Å²) in [6.07, 6.45) is 0. The third-order valence-corrected chi connectivity index (χ3v) is 2.20. The van der Waals surface area contributed by atoms with Crippen molar-refractivity contribution in [1.29, 1.82) is 0 Å². The molecule has 6 nitrogen and oxygen atoms in total. The molecule has 2 aromatic rings. The van der Waals surface area contributed by atoms with Gasteiger partial charge >= 0.3 is 5.97 Å². The number of rotatable bonds is 6. The van der Waals surface area contributed by atoms with Gasteiger partial charge in [-0.05, 0) is 18.2 Å². The van der Waals surface area contributed by atoms with Crippen molar-refractivity contribution in [2.24, 2.45) is 0 Å². The van der Waals surface area contributed by atoms with Crippen LogP contribution >= 0.6 is 0 Å². The SMILES string of the molecule is O=C(O)c1ccc(OCCOc2ccccc2)nn1. The average molecular weight is 260 g/mol. The van der Waals surface area contributed by atoms with E-state index in [0.29, 0.717) is 13.2 Å². The summed E-state index contributed by atoms with van der Waals surface area (Å²) in [4.78, 5) is 10.6. The second-order valence-corrected chi connectivity index (χ2v) is 3.57. The maximum absolute atomic E-state index is 10.6. The van der Waals surface area contributed by atoms with Crippen molar-refractivity contribution >= 4 is 5.97 Å². The Bertz CT molecular complexity index is 528. The summed E-state index contributed by atoms with van der Waals surface area (Å²) < 4.78 is 10.7. The molecule has 1 aromatic carbocycles. The highest BCUT2D eigenvalue weighted by molar-refractivity contribution is 5.84. The average Bonchev–Trinajstić information content (AvgIpc) is 2.45. The van der Waals surface area contributed by atoms with Gasteiger partial charge < -0.3 is 14.6 Å². The fraction of sp³-hybridized carbons (Fsp3) is 0.154. The lowest BCUT2D eigenvalue weighted by molar-refractivity contribution is 0.0689. The molecule has 0 atom stereocenters. The zero-order valence-electron chi connectivity index (χ0n) is 10.0. The monoisotopic (exact) mass is 260 g/mol. The van der Waals surface area contributed by atoms with Crippen LogP contribution in [0.2, 0.25) is 0 Å². The number of nitrogens with zero attached hydrogens (tertiary/aromatic N) is 2. The van der Waals surface area contributed by atoms with E-state index in [-0.39, 0.29) is 11.6 Å². The molecule has 0 aliphatic rings. The van der Waals surface area contributed by atoms with Crippen molar-refractivity contribution in [1.82, 2.24) is 10.2 Å². The lowest BCUT2D eigenvalue weighted by Gasteiger charge is -2.07. The molecule has 0 amide bonds. The van der Waals surface area contributed by atoms with Crippen LogP contribution in [-0.4, -0.2) is 34.5 Å². The van der Waals surface area contributed by atoms with Gasteiger partial charge in [0.1, 0.15) is 19.0 Å².